The summed E-state index contributed by atoms with van der Waals surface area (Å²) in [6, 6.07) is 0.668. The number of carbonyl (C=O) groups is 1. The minimum atomic E-state index is -3.78. The average Bonchev–Trinajstić information content (AvgIpc) is 2.84. The SMILES string of the molecule is CCC(COC)NS(=O)(=O)c1cc(C(=O)O)n(C(C)C)c1. The largest absolute Gasteiger partial charge is 0.477 e. The standard InChI is InChI=1S/C13H22N2O5S/c1-5-10(8-20-4)14-21(18,19)11-6-12(13(16)17)15(7-11)9(2)3/h6-7,9-10,14H,5,8H2,1-4H3,(H,16,17). The van der Waals surface area contributed by atoms with Gasteiger partial charge in [-0.1, -0.05) is 6.92 Å². The molecular formula is C13H22N2O5S. The number of aromatic nitrogens is 1. The molecule has 8 heteroatoms. The molecule has 0 saturated heterocycles. The van der Waals surface area contributed by atoms with Crippen molar-refractivity contribution < 1.29 is 23.1 Å². The van der Waals surface area contributed by atoms with E-state index in [0.29, 0.717) is 6.42 Å². The topological polar surface area (TPSA) is 97.6 Å². The van der Waals surface area contributed by atoms with Crippen LogP contribution in [0.15, 0.2) is 17.2 Å². The predicted molar refractivity (Wildman–Crippen MR) is 78.1 cm³/mol. The first-order valence-electron chi connectivity index (χ1n) is 6.69. The van der Waals surface area contributed by atoms with Crippen molar-refractivity contribution in [2.45, 2.75) is 44.2 Å². The van der Waals surface area contributed by atoms with Gasteiger partial charge in [-0.05, 0) is 26.3 Å². The fourth-order valence-electron chi connectivity index (χ4n) is 1.92. The number of aromatic carboxylic acids is 1. The quantitative estimate of drug-likeness (QED) is 0.756. The van der Waals surface area contributed by atoms with Gasteiger partial charge in [0.1, 0.15) is 10.6 Å². The molecule has 2 N–H and O–H groups in total. The van der Waals surface area contributed by atoms with E-state index in [0.717, 1.165) is 0 Å². The lowest BCUT2D eigenvalue weighted by atomic mass is 10.3. The molecule has 21 heavy (non-hydrogen) atoms. The first kappa shape index (κ1) is 17.7. The van der Waals surface area contributed by atoms with Crippen molar-refractivity contribution in [1.29, 1.82) is 0 Å². The molecule has 7 nitrogen and oxygen atoms in total. The molecule has 0 saturated carbocycles. The molecule has 0 fully saturated rings. The van der Waals surface area contributed by atoms with Crippen molar-refractivity contribution >= 4 is 16.0 Å². The van der Waals surface area contributed by atoms with Crippen LogP contribution in [0.25, 0.3) is 0 Å². The summed E-state index contributed by atoms with van der Waals surface area (Å²) in [5.41, 5.74) is -0.0508. The second-order valence-electron chi connectivity index (χ2n) is 5.05. The minimum absolute atomic E-state index is 0.0508. The maximum atomic E-state index is 12.3. The van der Waals surface area contributed by atoms with Crippen LogP contribution in [0.3, 0.4) is 0 Å². The molecule has 1 heterocycles. The maximum absolute atomic E-state index is 12.3. The van der Waals surface area contributed by atoms with E-state index in [-0.39, 0.29) is 29.3 Å². The third-order valence-electron chi connectivity index (χ3n) is 3.09. The molecule has 0 aliphatic heterocycles. The lowest BCUT2D eigenvalue weighted by molar-refractivity contribution is 0.0683. The number of hydrogen-bond acceptors (Lipinski definition) is 4. The van der Waals surface area contributed by atoms with Crippen LogP contribution in [0.2, 0.25) is 0 Å². The van der Waals surface area contributed by atoms with Gasteiger partial charge in [0.2, 0.25) is 10.0 Å². The van der Waals surface area contributed by atoms with Crippen molar-refractivity contribution in [1.82, 2.24) is 9.29 Å². The van der Waals surface area contributed by atoms with Crippen LogP contribution >= 0.6 is 0 Å². The van der Waals surface area contributed by atoms with Gasteiger partial charge in [-0.25, -0.2) is 17.9 Å². The highest BCUT2D eigenvalue weighted by molar-refractivity contribution is 7.89. The summed E-state index contributed by atoms with van der Waals surface area (Å²) in [6.07, 6.45) is 1.92. The number of methoxy groups -OCH3 is 1. The van der Waals surface area contributed by atoms with Crippen LogP contribution < -0.4 is 4.72 Å². The molecule has 120 valence electrons. The Labute approximate surface area is 125 Å². The first-order valence-corrected chi connectivity index (χ1v) is 8.17. The monoisotopic (exact) mass is 318 g/mol. The second kappa shape index (κ2) is 7.06. The Morgan fingerprint density at radius 1 is 1.48 bits per heavy atom. The lowest BCUT2D eigenvalue weighted by Crippen LogP contribution is -2.37. The number of sulfonamides is 1. The summed E-state index contributed by atoms with van der Waals surface area (Å²) in [5.74, 6) is -1.16. The van der Waals surface area contributed by atoms with E-state index in [1.165, 1.54) is 23.9 Å². The molecule has 1 rings (SSSR count). The third kappa shape index (κ3) is 4.29. The van der Waals surface area contributed by atoms with Crippen LogP contribution in [0, 0.1) is 0 Å². The summed E-state index contributed by atoms with van der Waals surface area (Å²) in [5, 5.41) is 9.15. The van der Waals surface area contributed by atoms with E-state index in [9.17, 15) is 13.2 Å². The Hall–Kier alpha value is -1.38. The molecule has 1 aromatic rings. The Morgan fingerprint density at radius 2 is 2.10 bits per heavy atom. The van der Waals surface area contributed by atoms with Crippen LogP contribution in [-0.2, 0) is 14.8 Å². The van der Waals surface area contributed by atoms with E-state index in [1.54, 1.807) is 13.8 Å². The Morgan fingerprint density at radius 3 is 2.48 bits per heavy atom. The number of rotatable bonds is 8. The van der Waals surface area contributed by atoms with Crippen LogP contribution in [-0.4, -0.2) is 43.8 Å². The van der Waals surface area contributed by atoms with Crippen molar-refractivity contribution in [3.63, 3.8) is 0 Å². The van der Waals surface area contributed by atoms with Gasteiger partial charge >= 0.3 is 5.97 Å². The molecule has 0 amide bonds. The van der Waals surface area contributed by atoms with Crippen molar-refractivity contribution in [2.24, 2.45) is 0 Å². The molecule has 0 bridgehead atoms. The number of carboxylic acid groups (broad SMARTS) is 1. The number of nitrogens with zero attached hydrogens (tertiary/aromatic N) is 1. The van der Waals surface area contributed by atoms with E-state index < -0.39 is 16.0 Å². The fourth-order valence-corrected chi connectivity index (χ4v) is 3.25. The number of hydrogen-bond donors (Lipinski definition) is 2. The van der Waals surface area contributed by atoms with E-state index in [2.05, 4.69) is 4.72 Å². The van der Waals surface area contributed by atoms with Gasteiger partial charge in [0.15, 0.2) is 0 Å². The van der Waals surface area contributed by atoms with Crippen LogP contribution in [0.4, 0.5) is 0 Å². The molecule has 0 aromatic carbocycles. The highest BCUT2D eigenvalue weighted by Gasteiger charge is 2.24. The summed E-state index contributed by atoms with van der Waals surface area (Å²) in [6.45, 7) is 5.67. The smallest absolute Gasteiger partial charge is 0.352 e. The van der Waals surface area contributed by atoms with Crippen molar-refractivity contribution in [3.05, 3.63) is 18.0 Å². The molecule has 0 aliphatic carbocycles. The maximum Gasteiger partial charge on any atom is 0.352 e. The van der Waals surface area contributed by atoms with E-state index >= 15 is 0 Å². The number of ether oxygens (including phenoxy) is 1. The van der Waals surface area contributed by atoms with E-state index in [4.69, 9.17) is 9.84 Å². The first-order chi connectivity index (χ1) is 9.72. The molecule has 0 spiro atoms. The van der Waals surface area contributed by atoms with Crippen LogP contribution in [0.5, 0.6) is 0 Å². The van der Waals surface area contributed by atoms with Gasteiger partial charge in [-0.3, -0.25) is 0 Å². The van der Waals surface area contributed by atoms with Gasteiger partial charge in [0, 0.05) is 25.4 Å². The van der Waals surface area contributed by atoms with Crippen molar-refractivity contribution in [2.75, 3.05) is 13.7 Å². The lowest BCUT2D eigenvalue weighted by Gasteiger charge is -2.15. The molecular weight excluding hydrogens is 296 g/mol. The predicted octanol–water partition coefficient (Wildman–Crippen LogP) is 1.47. The third-order valence-corrected chi connectivity index (χ3v) is 4.58. The zero-order valence-electron chi connectivity index (χ0n) is 12.7. The molecule has 1 aromatic heterocycles. The Balaban J connectivity index is 3.14. The van der Waals surface area contributed by atoms with Gasteiger partial charge < -0.3 is 14.4 Å². The molecule has 1 unspecified atom stereocenters. The van der Waals surface area contributed by atoms with Crippen LogP contribution in [0.1, 0.15) is 43.7 Å². The minimum Gasteiger partial charge on any atom is -0.477 e. The average molecular weight is 318 g/mol. The van der Waals surface area contributed by atoms with Gasteiger partial charge in [-0.15, -0.1) is 0 Å². The fraction of sp³-hybridized carbons (Fsp3) is 0.615. The zero-order valence-corrected chi connectivity index (χ0v) is 13.5. The summed E-state index contributed by atoms with van der Waals surface area (Å²) >= 11 is 0. The number of nitrogens with one attached hydrogen (secondary N) is 1. The number of carboxylic acids is 1. The van der Waals surface area contributed by atoms with Gasteiger partial charge in [0.25, 0.3) is 0 Å². The van der Waals surface area contributed by atoms with Crippen molar-refractivity contribution in [3.8, 4) is 0 Å². The molecule has 0 aliphatic rings. The summed E-state index contributed by atoms with van der Waals surface area (Å²) in [4.78, 5) is 11.1. The Bertz CT molecular complexity index is 592. The Kier molecular flexibility index (Phi) is 5.94. The van der Waals surface area contributed by atoms with Gasteiger partial charge in [-0.2, -0.15) is 0 Å². The molecule has 1 atom stereocenters. The molecule has 0 radical (unpaired) electrons. The summed E-state index contributed by atoms with van der Waals surface area (Å²) in [7, 11) is -2.28. The summed E-state index contributed by atoms with van der Waals surface area (Å²) < 4.78 is 33.5. The highest BCUT2D eigenvalue weighted by atomic mass is 32.2. The second-order valence-corrected chi connectivity index (χ2v) is 6.76. The normalized spacial score (nSPS) is 13.6. The highest BCUT2D eigenvalue weighted by Crippen LogP contribution is 2.19. The van der Waals surface area contributed by atoms with Gasteiger partial charge in [0.05, 0.1) is 6.61 Å². The zero-order chi connectivity index (χ0) is 16.2. The van der Waals surface area contributed by atoms with E-state index in [1.807, 2.05) is 6.92 Å².